The van der Waals surface area contributed by atoms with Crippen LogP contribution in [0.4, 0.5) is 0 Å². The van der Waals surface area contributed by atoms with E-state index in [1.54, 1.807) is 0 Å². The molecule has 0 saturated carbocycles. The quantitative estimate of drug-likeness (QED) is 0.567. The van der Waals surface area contributed by atoms with Gasteiger partial charge in [0.15, 0.2) is 0 Å². The summed E-state index contributed by atoms with van der Waals surface area (Å²) in [5.41, 5.74) is 0. The molecule has 2 nitrogen and oxygen atoms in total. The zero-order valence-electron chi connectivity index (χ0n) is 4.85. The number of carbonyl (C=O) groups excluding carboxylic acids is 1. The van der Waals surface area contributed by atoms with Crippen molar-refractivity contribution >= 4 is 21.9 Å². The standard InChI is InChI=1S/C5H9BrO2/c1-3(2)4(6)5(7)8/h3-4H,1-2H3,(H,7,8)/p-1. The zero-order valence-corrected chi connectivity index (χ0v) is 6.44. The van der Waals surface area contributed by atoms with E-state index in [1.807, 2.05) is 13.8 Å². The summed E-state index contributed by atoms with van der Waals surface area (Å²) in [4.78, 5) is 9.47. The predicted octanol–water partition coefficient (Wildman–Crippen LogP) is 0.156. The number of carboxylic acid groups (broad SMARTS) is 1. The van der Waals surface area contributed by atoms with Gasteiger partial charge >= 0.3 is 0 Å². The highest BCUT2D eigenvalue weighted by Gasteiger charge is 2.08. The van der Waals surface area contributed by atoms with Crippen LogP contribution in [-0.4, -0.2) is 10.8 Å². The fourth-order valence-electron chi connectivity index (χ4n) is 0.272. The molecule has 0 aromatic carbocycles. The largest absolute Gasteiger partial charge is 0.549 e. The Hall–Kier alpha value is -0.0500. The summed E-state index contributed by atoms with van der Waals surface area (Å²) in [7, 11) is 0. The molecule has 0 fully saturated rings. The second kappa shape index (κ2) is 3.07. The normalized spacial score (nSPS) is 14.0. The van der Waals surface area contributed by atoms with E-state index in [2.05, 4.69) is 15.9 Å². The molecule has 0 aliphatic heterocycles. The van der Waals surface area contributed by atoms with Crippen molar-refractivity contribution in [2.75, 3.05) is 0 Å². The maximum Gasteiger partial charge on any atom is 0.0564 e. The minimum Gasteiger partial charge on any atom is -0.549 e. The highest BCUT2D eigenvalue weighted by atomic mass is 79.9. The van der Waals surface area contributed by atoms with Gasteiger partial charge in [-0.05, 0) is 5.92 Å². The van der Waals surface area contributed by atoms with Gasteiger partial charge in [-0.1, -0.05) is 29.8 Å². The van der Waals surface area contributed by atoms with Crippen LogP contribution in [0.5, 0.6) is 0 Å². The first kappa shape index (κ1) is 7.95. The monoisotopic (exact) mass is 179 g/mol. The SMILES string of the molecule is CC(C)C(Br)C(=O)[O-]. The lowest BCUT2D eigenvalue weighted by Gasteiger charge is -2.13. The van der Waals surface area contributed by atoms with Crippen molar-refractivity contribution < 1.29 is 9.90 Å². The van der Waals surface area contributed by atoms with Gasteiger partial charge in [0.25, 0.3) is 0 Å². The Bertz CT molecular complexity index is 90.4. The van der Waals surface area contributed by atoms with Gasteiger partial charge in [0.05, 0.1) is 10.8 Å². The number of aliphatic carboxylic acids is 1. The molecule has 1 atom stereocenters. The lowest BCUT2D eigenvalue weighted by molar-refractivity contribution is -0.305. The van der Waals surface area contributed by atoms with Gasteiger partial charge in [-0.2, -0.15) is 0 Å². The molecular weight excluding hydrogens is 172 g/mol. The molecule has 0 amide bonds. The molecule has 0 aromatic heterocycles. The second-order valence-electron chi connectivity index (χ2n) is 1.96. The van der Waals surface area contributed by atoms with Crippen molar-refractivity contribution in [2.45, 2.75) is 18.7 Å². The van der Waals surface area contributed by atoms with E-state index in [-0.39, 0.29) is 5.92 Å². The van der Waals surface area contributed by atoms with Crippen LogP contribution in [-0.2, 0) is 4.79 Å². The van der Waals surface area contributed by atoms with Crippen LogP contribution in [0.2, 0.25) is 0 Å². The van der Waals surface area contributed by atoms with E-state index in [0.29, 0.717) is 0 Å². The molecule has 8 heavy (non-hydrogen) atoms. The molecule has 48 valence electrons. The molecule has 0 spiro atoms. The zero-order chi connectivity index (χ0) is 6.73. The molecule has 3 heteroatoms. The maximum absolute atomic E-state index is 9.98. The topological polar surface area (TPSA) is 40.1 Å². The third kappa shape index (κ3) is 2.31. The maximum atomic E-state index is 9.98. The van der Waals surface area contributed by atoms with Gasteiger partial charge in [0.1, 0.15) is 0 Å². The minimum atomic E-state index is -1.04. The summed E-state index contributed by atoms with van der Waals surface area (Å²) >= 11 is 2.94. The summed E-state index contributed by atoms with van der Waals surface area (Å²) in [6, 6.07) is 0. The molecule has 0 aliphatic carbocycles. The number of hydrogen-bond acceptors (Lipinski definition) is 2. The highest BCUT2D eigenvalue weighted by molar-refractivity contribution is 9.10. The van der Waals surface area contributed by atoms with Crippen LogP contribution in [0.3, 0.4) is 0 Å². The Morgan fingerprint density at radius 1 is 1.62 bits per heavy atom. The first-order chi connectivity index (χ1) is 3.55. The van der Waals surface area contributed by atoms with E-state index in [9.17, 15) is 9.90 Å². The average Bonchev–Trinajstić information content (AvgIpc) is 1.64. The summed E-state index contributed by atoms with van der Waals surface area (Å²) in [6.07, 6.45) is 0. The summed E-state index contributed by atoms with van der Waals surface area (Å²) in [5, 5.41) is 9.98. The smallest absolute Gasteiger partial charge is 0.0564 e. The van der Waals surface area contributed by atoms with Crippen molar-refractivity contribution in [2.24, 2.45) is 5.92 Å². The molecule has 0 heterocycles. The van der Waals surface area contributed by atoms with E-state index in [4.69, 9.17) is 0 Å². The van der Waals surface area contributed by atoms with Crippen molar-refractivity contribution in [1.29, 1.82) is 0 Å². The molecule has 0 radical (unpaired) electrons. The molecule has 0 N–H and O–H groups in total. The Labute approximate surface area is 57.0 Å². The van der Waals surface area contributed by atoms with Crippen molar-refractivity contribution in [3.05, 3.63) is 0 Å². The summed E-state index contributed by atoms with van der Waals surface area (Å²) < 4.78 is 0. The minimum absolute atomic E-state index is 0.0972. The number of carboxylic acids is 1. The molecule has 0 aromatic rings. The number of alkyl halides is 1. The first-order valence-corrected chi connectivity index (χ1v) is 3.32. The fraction of sp³-hybridized carbons (Fsp3) is 0.800. The van der Waals surface area contributed by atoms with Gasteiger partial charge in [0.2, 0.25) is 0 Å². The molecular formula is C5H8BrO2-. The van der Waals surface area contributed by atoms with E-state index in [1.165, 1.54) is 0 Å². The van der Waals surface area contributed by atoms with E-state index >= 15 is 0 Å². The lowest BCUT2D eigenvalue weighted by atomic mass is 10.1. The van der Waals surface area contributed by atoms with Gasteiger partial charge in [-0.25, -0.2) is 0 Å². The predicted molar refractivity (Wildman–Crippen MR) is 32.6 cm³/mol. The fourth-order valence-corrected chi connectivity index (χ4v) is 0.272. The van der Waals surface area contributed by atoms with Gasteiger partial charge in [-0.15, -0.1) is 0 Å². The number of halogens is 1. The average molecular weight is 180 g/mol. The van der Waals surface area contributed by atoms with Crippen molar-refractivity contribution in [3.63, 3.8) is 0 Å². The Balaban J connectivity index is 3.64. The van der Waals surface area contributed by atoms with Crippen molar-refractivity contribution in [3.8, 4) is 0 Å². The van der Waals surface area contributed by atoms with Crippen LogP contribution in [0.1, 0.15) is 13.8 Å². The first-order valence-electron chi connectivity index (χ1n) is 2.40. The molecule has 0 rings (SSSR count). The van der Waals surface area contributed by atoms with Gasteiger partial charge in [0, 0.05) is 0 Å². The number of carbonyl (C=O) groups is 1. The van der Waals surface area contributed by atoms with Crippen LogP contribution in [0.15, 0.2) is 0 Å². The van der Waals surface area contributed by atoms with Crippen LogP contribution in [0.25, 0.3) is 0 Å². The van der Waals surface area contributed by atoms with Crippen molar-refractivity contribution in [1.82, 2.24) is 0 Å². The van der Waals surface area contributed by atoms with Crippen LogP contribution < -0.4 is 5.11 Å². The van der Waals surface area contributed by atoms with Crippen LogP contribution >= 0.6 is 15.9 Å². The van der Waals surface area contributed by atoms with E-state index in [0.717, 1.165) is 0 Å². The summed E-state index contributed by atoms with van der Waals surface area (Å²) in [6.45, 7) is 3.63. The van der Waals surface area contributed by atoms with Gasteiger partial charge < -0.3 is 9.90 Å². The van der Waals surface area contributed by atoms with Gasteiger partial charge in [-0.3, -0.25) is 0 Å². The summed E-state index contributed by atoms with van der Waals surface area (Å²) in [5.74, 6) is -0.944. The molecule has 0 bridgehead atoms. The third-order valence-corrected chi connectivity index (χ3v) is 2.24. The number of rotatable bonds is 2. The molecule has 0 saturated heterocycles. The molecule has 1 unspecified atom stereocenters. The highest BCUT2D eigenvalue weighted by Crippen LogP contribution is 2.09. The Kier molecular flexibility index (Phi) is 3.05. The van der Waals surface area contributed by atoms with Crippen LogP contribution in [0, 0.1) is 5.92 Å². The third-order valence-electron chi connectivity index (χ3n) is 0.810. The number of hydrogen-bond donors (Lipinski definition) is 0. The Morgan fingerprint density at radius 3 is 2.00 bits per heavy atom. The second-order valence-corrected chi connectivity index (χ2v) is 2.95. The lowest BCUT2D eigenvalue weighted by Crippen LogP contribution is -2.34. The molecule has 0 aliphatic rings. The van der Waals surface area contributed by atoms with E-state index < -0.39 is 10.8 Å². The Morgan fingerprint density at radius 2 is 2.00 bits per heavy atom.